The van der Waals surface area contributed by atoms with Crippen molar-refractivity contribution in [2.75, 3.05) is 0 Å². The number of nitrogens with one attached hydrogen (secondary N) is 1. The predicted octanol–water partition coefficient (Wildman–Crippen LogP) is 2.23. The van der Waals surface area contributed by atoms with Crippen molar-refractivity contribution in [2.45, 2.75) is 13.3 Å². The Morgan fingerprint density at radius 3 is 2.67 bits per heavy atom. The molecule has 1 N–H and O–H groups in total. The Hall–Kier alpha value is -0.460. The third-order valence-electron chi connectivity index (χ3n) is 1.52. The summed E-state index contributed by atoms with van der Waals surface area (Å²) in [5.74, 6) is 0. The highest BCUT2D eigenvalue weighted by Crippen LogP contribution is 2.20. The van der Waals surface area contributed by atoms with Gasteiger partial charge in [0.15, 0.2) is 0 Å². The molecule has 0 aromatic carbocycles. The lowest BCUT2D eigenvalue weighted by atomic mass is 10.2. The highest BCUT2D eigenvalue weighted by Gasteiger charge is 2.13. The van der Waals surface area contributed by atoms with E-state index in [1.807, 2.05) is 0 Å². The van der Waals surface area contributed by atoms with Crippen LogP contribution >= 0.6 is 22.6 Å². The molecule has 12 heavy (non-hydrogen) atoms. The number of alkyl halides is 2. The van der Waals surface area contributed by atoms with Gasteiger partial charge in [0.25, 0.3) is 12.0 Å². The lowest BCUT2D eigenvalue weighted by molar-refractivity contribution is 0.150. The van der Waals surface area contributed by atoms with Gasteiger partial charge in [-0.3, -0.25) is 4.79 Å². The number of hydrogen-bond donors (Lipinski definition) is 1. The van der Waals surface area contributed by atoms with Gasteiger partial charge < -0.3 is 4.98 Å². The van der Waals surface area contributed by atoms with E-state index in [2.05, 4.69) is 4.98 Å². The molecule has 0 radical (unpaired) electrons. The van der Waals surface area contributed by atoms with Crippen molar-refractivity contribution in [1.29, 1.82) is 0 Å². The van der Waals surface area contributed by atoms with E-state index in [0.717, 1.165) is 0 Å². The summed E-state index contributed by atoms with van der Waals surface area (Å²) in [4.78, 5) is 13.4. The van der Waals surface area contributed by atoms with Gasteiger partial charge in [0, 0.05) is 11.1 Å². The van der Waals surface area contributed by atoms with Crippen molar-refractivity contribution < 1.29 is 8.78 Å². The molecule has 66 valence electrons. The van der Waals surface area contributed by atoms with Crippen LogP contribution in [0.5, 0.6) is 0 Å². The summed E-state index contributed by atoms with van der Waals surface area (Å²) in [5.41, 5.74) is -0.550. The summed E-state index contributed by atoms with van der Waals surface area (Å²) >= 11 is 1.79. The molecule has 0 fully saturated rings. The van der Waals surface area contributed by atoms with Crippen molar-refractivity contribution >= 4 is 22.6 Å². The summed E-state index contributed by atoms with van der Waals surface area (Å²) in [7, 11) is 0. The Balaban J connectivity index is 3.38. The van der Waals surface area contributed by atoms with Gasteiger partial charge in [-0.15, -0.1) is 0 Å². The summed E-state index contributed by atoms with van der Waals surface area (Å²) < 4.78 is 24.9. The van der Waals surface area contributed by atoms with Crippen LogP contribution in [-0.4, -0.2) is 4.98 Å². The van der Waals surface area contributed by atoms with Gasteiger partial charge in [0.2, 0.25) is 0 Å². The number of halogens is 3. The fourth-order valence-electron chi connectivity index (χ4n) is 0.841. The minimum Gasteiger partial charge on any atom is -0.317 e. The van der Waals surface area contributed by atoms with Gasteiger partial charge >= 0.3 is 0 Å². The number of aromatic nitrogens is 1. The van der Waals surface area contributed by atoms with Gasteiger partial charge in [-0.1, -0.05) is 0 Å². The molecule has 1 heterocycles. The molecule has 0 aliphatic rings. The first-order chi connectivity index (χ1) is 5.52. The monoisotopic (exact) mass is 285 g/mol. The maximum atomic E-state index is 12.2. The lowest BCUT2D eigenvalue weighted by Gasteiger charge is -2.03. The van der Waals surface area contributed by atoms with Crippen molar-refractivity contribution in [1.82, 2.24) is 4.98 Å². The highest BCUT2D eigenvalue weighted by atomic mass is 127. The molecule has 0 aliphatic heterocycles. The average molecular weight is 285 g/mol. The molecule has 0 bridgehead atoms. The summed E-state index contributed by atoms with van der Waals surface area (Å²) in [6.07, 6.45) is -2.58. The standard InChI is InChI=1S/C7H6F2INO/c1-3-4(6(8)9)2-5(10)11-7(3)12/h2,6H,1H3,(H,11,12). The highest BCUT2D eigenvalue weighted by molar-refractivity contribution is 14.1. The molecular weight excluding hydrogens is 279 g/mol. The van der Waals surface area contributed by atoms with E-state index in [9.17, 15) is 13.6 Å². The number of hydrogen-bond acceptors (Lipinski definition) is 1. The maximum Gasteiger partial charge on any atom is 0.264 e. The summed E-state index contributed by atoms with van der Waals surface area (Å²) in [6.45, 7) is 1.39. The minimum absolute atomic E-state index is 0.0883. The number of aromatic amines is 1. The van der Waals surface area contributed by atoms with Crippen LogP contribution in [0, 0.1) is 10.6 Å². The Morgan fingerprint density at radius 2 is 2.17 bits per heavy atom. The molecular formula is C7H6F2INO. The van der Waals surface area contributed by atoms with E-state index in [1.54, 1.807) is 22.6 Å². The Labute approximate surface area is 81.1 Å². The van der Waals surface area contributed by atoms with Crippen LogP contribution in [0.3, 0.4) is 0 Å². The smallest absolute Gasteiger partial charge is 0.264 e. The lowest BCUT2D eigenvalue weighted by Crippen LogP contribution is -2.13. The molecule has 0 spiro atoms. The quantitative estimate of drug-likeness (QED) is 0.623. The molecule has 0 aliphatic carbocycles. The molecule has 0 unspecified atom stereocenters. The first-order valence-corrected chi connectivity index (χ1v) is 4.27. The molecule has 0 saturated heterocycles. The largest absolute Gasteiger partial charge is 0.317 e. The van der Waals surface area contributed by atoms with Crippen molar-refractivity contribution in [3.63, 3.8) is 0 Å². The zero-order valence-corrected chi connectivity index (χ0v) is 8.35. The second-order valence-corrected chi connectivity index (χ2v) is 3.49. The number of rotatable bonds is 1. The molecule has 5 heteroatoms. The molecule has 2 nitrogen and oxygen atoms in total. The first kappa shape index (κ1) is 9.63. The zero-order valence-electron chi connectivity index (χ0n) is 6.20. The van der Waals surface area contributed by atoms with Crippen molar-refractivity contribution in [3.8, 4) is 0 Å². The van der Waals surface area contributed by atoms with Crippen LogP contribution in [0.1, 0.15) is 17.6 Å². The van der Waals surface area contributed by atoms with Crippen molar-refractivity contribution in [3.05, 3.63) is 31.2 Å². The van der Waals surface area contributed by atoms with Crippen LogP contribution in [0.2, 0.25) is 0 Å². The van der Waals surface area contributed by atoms with Gasteiger partial charge in [0.05, 0.1) is 3.70 Å². The van der Waals surface area contributed by atoms with E-state index in [-0.39, 0.29) is 11.1 Å². The zero-order chi connectivity index (χ0) is 9.30. The number of H-pyrrole nitrogens is 1. The first-order valence-electron chi connectivity index (χ1n) is 3.20. The van der Waals surface area contributed by atoms with E-state index < -0.39 is 12.0 Å². The molecule has 1 aromatic rings. The molecule has 0 atom stereocenters. The average Bonchev–Trinajstić information content (AvgIpc) is 1.96. The van der Waals surface area contributed by atoms with Crippen LogP contribution in [0.25, 0.3) is 0 Å². The second-order valence-electron chi connectivity index (χ2n) is 2.33. The van der Waals surface area contributed by atoms with Gasteiger partial charge in [-0.25, -0.2) is 8.78 Å². The van der Waals surface area contributed by atoms with E-state index in [4.69, 9.17) is 0 Å². The SMILES string of the molecule is Cc1c(C(F)F)cc(I)[nH]c1=O. The fraction of sp³-hybridized carbons (Fsp3) is 0.286. The third-order valence-corrected chi connectivity index (χ3v) is 2.10. The predicted molar refractivity (Wildman–Crippen MR) is 49.5 cm³/mol. The second kappa shape index (κ2) is 3.51. The molecule has 0 saturated carbocycles. The van der Waals surface area contributed by atoms with Gasteiger partial charge in [-0.2, -0.15) is 0 Å². The maximum absolute atomic E-state index is 12.2. The molecule has 0 amide bonds. The van der Waals surface area contributed by atoms with Gasteiger partial charge in [-0.05, 0) is 35.6 Å². The normalized spacial score (nSPS) is 10.8. The van der Waals surface area contributed by atoms with E-state index in [1.165, 1.54) is 13.0 Å². The van der Waals surface area contributed by atoms with Gasteiger partial charge in [0.1, 0.15) is 0 Å². The molecule has 1 rings (SSSR count). The van der Waals surface area contributed by atoms with Crippen LogP contribution in [0.4, 0.5) is 8.78 Å². The Bertz CT molecular complexity index is 348. The molecule has 1 aromatic heterocycles. The van der Waals surface area contributed by atoms with E-state index >= 15 is 0 Å². The Kier molecular flexibility index (Phi) is 2.81. The van der Waals surface area contributed by atoms with Crippen LogP contribution in [-0.2, 0) is 0 Å². The summed E-state index contributed by atoms with van der Waals surface area (Å²) in [6, 6.07) is 1.28. The van der Waals surface area contributed by atoms with Crippen LogP contribution < -0.4 is 5.56 Å². The van der Waals surface area contributed by atoms with Crippen molar-refractivity contribution in [2.24, 2.45) is 0 Å². The number of pyridine rings is 1. The topological polar surface area (TPSA) is 32.9 Å². The minimum atomic E-state index is -2.58. The fourth-order valence-corrected chi connectivity index (χ4v) is 1.42. The van der Waals surface area contributed by atoms with E-state index in [0.29, 0.717) is 3.70 Å². The summed E-state index contributed by atoms with van der Waals surface area (Å²) in [5, 5.41) is 0. The van der Waals surface area contributed by atoms with Crippen LogP contribution in [0.15, 0.2) is 10.9 Å². The Morgan fingerprint density at radius 1 is 1.58 bits per heavy atom. The third kappa shape index (κ3) is 1.82.